The van der Waals surface area contributed by atoms with E-state index in [-0.39, 0.29) is 11.4 Å². The van der Waals surface area contributed by atoms with Gasteiger partial charge in [-0.2, -0.15) is 13.2 Å². The molecule has 3 amide bonds. The summed E-state index contributed by atoms with van der Waals surface area (Å²) in [5.74, 6) is -0.351. The fraction of sp³-hybridized carbons (Fsp3) is 0.286. The van der Waals surface area contributed by atoms with Gasteiger partial charge in [0.1, 0.15) is 11.4 Å². The number of nitrogens with zero attached hydrogens (tertiary/aromatic N) is 5. The molecule has 12 nitrogen and oxygen atoms in total. The molecule has 50 heavy (non-hydrogen) atoms. The molecular formula is C35H37F3N8O4. The van der Waals surface area contributed by atoms with E-state index in [9.17, 15) is 22.8 Å². The number of alkyl halides is 3. The minimum absolute atomic E-state index is 0.0544. The van der Waals surface area contributed by atoms with Crippen molar-refractivity contribution in [3.05, 3.63) is 102 Å². The first-order valence-corrected chi connectivity index (χ1v) is 15.6. The molecule has 0 aliphatic rings. The number of alkyl carbamates (subject to hydrolysis) is 1. The van der Waals surface area contributed by atoms with Gasteiger partial charge in [0.15, 0.2) is 5.65 Å². The monoisotopic (exact) mass is 690 g/mol. The molecule has 0 fully saturated rings. The Hall–Kier alpha value is -5.70. The maximum Gasteiger partial charge on any atom is 0.420 e. The number of anilines is 2. The van der Waals surface area contributed by atoms with Crippen molar-refractivity contribution in [3.63, 3.8) is 0 Å². The van der Waals surface area contributed by atoms with E-state index in [1.54, 1.807) is 63.8 Å². The van der Waals surface area contributed by atoms with Gasteiger partial charge >= 0.3 is 18.3 Å². The number of fused-ring (bicyclic) bond motifs is 1. The van der Waals surface area contributed by atoms with E-state index in [0.717, 1.165) is 24.8 Å². The predicted molar refractivity (Wildman–Crippen MR) is 182 cm³/mol. The molecule has 3 aromatic heterocycles. The number of benzene rings is 2. The number of amides is 3. The van der Waals surface area contributed by atoms with E-state index >= 15 is 0 Å². The summed E-state index contributed by atoms with van der Waals surface area (Å²) in [4.78, 5) is 40.8. The molecule has 3 heterocycles. The van der Waals surface area contributed by atoms with Gasteiger partial charge < -0.3 is 29.8 Å². The predicted octanol–water partition coefficient (Wildman–Crippen LogP) is 6.99. The Morgan fingerprint density at radius 2 is 1.68 bits per heavy atom. The van der Waals surface area contributed by atoms with Gasteiger partial charge in [-0.15, -0.1) is 0 Å². The lowest BCUT2D eigenvalue weighted by atomic mass is 10.1. The fourth-order valence-electron chi connectivity index (χ4n) is 5.10. The Morgan fingerprint density at radius 3 is 2.38 bits per heavy atom. The highest BCUT2D eigenvalue weighted by molar-refractivity contribution is 6.00. The zero-order valence-corrected chi connectivity index (χ0v) is 27.9. The van der Waals surface area contributed by atoms with Crippen LogP contribution in [0.5, 0.6) is 5.75 Å². The molecular weight excluding hydrogens is 653 g/mol. The quantitative estimate of drug-likeness (QED) is 0.135. The number of hydrogen-bond acceptors (Lipinski definition) is 8. The van der Waals surface area contributed by atoms with Gasteiger partial charge in [0.25, 0.3) is 0 Å². The maximum atomic E-state index is 13.5. The minimum atomic E-state index is -4.66. The van der Waals surface area contributed by atoms with Crippen LogP contribution in [-0.2, 0) is 24.0 Å². The van der Waals surface area contributed by atoms with Crippen molar-refractivity contribution in [3.8, 4) is 17.0 Å². The summed E-state index contributed by atoms with van der Waals surface area (Å²) < 4.78 is 52.5. The van der Waals surface area contributed by atoms with Crippen molar-refractivity contribution in [2.45, 2.75) is 45.6 Å². The van der Waals surface area contributed by atoms with Crippen LogP contribution in [0.3, 0.4) is 0 Å². The number of carbonyl (C=O) groups excluding carboxylic acids is 2. The Morgan fingerprint density at radius 1 is 0.940 bits per heavy atom. The summed E-state index contributed by atoms with van der Waals surface area (Å²) in [7, 11) is 1.14. The number of aromatic nitrogens is 4. The average molecular weight is 691 g/mol. The van der Waals surface area contributed by atoms with Crippen molar-refractivity contribution in [2.75, 3.05) is 30.8 Å². The Kier molecular flexibility index (Phi) is 10.9. The van der Waals surface area contributed by atoms with Crippen LogP contribution in [0.15, 0.2) is 85.6 Å². The number of imidazole rings is 1. The van der Waals surface area contributed by atoms with Crippen LogP contribution in [0.25, 0.3) is 16.9 Å². The highest BCUT2D eigenvalue weighted by atomic mass is 19.4. The van der Waals surface area contributed by atoms with Crippen molar-refractivity contribution in [1.29, 1.82) is 0 Å². The topological polar surface area (TPSA) is 135 Å². The molecule has 2 aromatic carbocycles. The SMILES string of the molecule is COc1ccc(NC(=O)Nc2cccc(-c3cn4ccnc4c(CN(CCNC(=O)OC(C)(C)C)Cc4ccncc4)n3)c2)cc1C(F)(F)F. The second-order valence-electron chi connectivity index (χ2n) is 12.3. The zero-order chi connectivity index (χ0) is 35.9. The van der Waals surface area contributed by atoms with Crippen molar-refractivity contribution < 1.29 is 32.2 Å². The van der Waals surface area contributed by atoms with Crippen molar-refractivity contribution >= 4 is 29.1 Å². The normalized spacial score (nSPS) is 11.8. The summed E-state index contributed by atoms with van der Waals surface area (Å²) in [6.07, 6.45) is 3.57. The molecule has 0 bridgehead atoms. The number of halogens is 3. The van der Waals surface area contributed by atoms with Crippen LogP contribution in [0.2, 0.25) is 0 Å². The van der Waals surface area contributed by atoms with Gasteiger partial charge in [-0.25, -0.2) is 19.6 Å². The van der Waals surface area contributed by atoms with Crippen LogP contribution in [0.1, 0.15) is 37.6 Å². The van der Waals surface area contributed by atoms with E-state index in [1.807, 2.05) is 28.8 Å². The molecule has 0 saturated carbocycles. The number of hydrogen-bond donors (Lipinski definition) is 3. The molecule has 0 aliphatic heterocycles. The fourth-order valence-corrected chi connectivity index (χ4v) is 5.10. The summed E-state index contributed by atoms with van der Waals surface area (Å²) in [5.41, 5.74) is 2.34. The van der Waals surface area contributed by atoms with Gasteiger partial charge in [0.2, 0.25) is 0 Å². The second kappa shape index (κ2) is 15.2. The number of methoxy groups -OCH3 is 1. The van der Waals surface area contributed by atoms with Gasteiger partial charge in [0.05, 0.1) is 24.1 Å². The number of pyridine rings is 1. The summed E-state index contributed by atoms with van der Waals surface area (Å²) in [6.45, 7) is 7.14. The molecule has 5 aromatic rings. The molecule has 0 atom stereocenters. The number of carbonyl (C=O) groups is 2. The van der Waals surface area contributed by atoms with Gasteiger partial charge in [-0.05, 0) is 68.8 Å². The van der Waals surface area contributed by atoms with Crippen LogP contribution in [0.4, 0.5) is 34.1 Å². The molecule has 0 saturated heterocycles. The summed E-state index contributed by atoms with van der Waals surface area (Å²) in [6, 6.07) is 13.3. The maximum absolute atomic E-state index is 13.5. The van der Waals surface area contributed by atoms with E-state index in [2.05, 4.69) is 30.8 Å². The highest BCUT2D eigenvalue weighted by Crippen LogP contribution is 2.37. The Bertz CT molecular complexity index is 1940. The third kappa shape index (κ3) is 9.69. The van der Waals surface area contributed by atoms with E-state index in [0.29, 0.717) is 54.5 Å². The molecule has 0 aliphatic carbocycles. The van der Waals surface area contributed by atoms with E-state index in [4.69, 9.17) is 14.5 Å². The highest BCUT2D eigenvalue weighted by Gasteiger charge is 2.34. The van der Waals surface area contributed by atoms with Crippen LogP contribution in [0, 0.1) is 0 Å². The van der Waals surface area contributed by atoms with Gasteiger partial charge in [-0.1, -0.05) is 12.1 Å². The zero-order valence-electron chi connectivity index (χ0n) is 27.9. The lowest BCUT2D eigenvalue weighted by molar-refractivity contribution is -0.138. The third-order valence-corrected chi connectivity index (χ3v) is 7.25. The average Bonchev–Trinajstić information content (AvgIpc) is 3.53. The first-order valence-electron chi connectivity index (χ1n) is 15.6. The van der Waals surface area contributed by atoms with Gasteiger partial charge in [0, 0.05) is 74.1 Å². The number of rotatable bonds is 11. The van der Waals surface area contributed by atoms with Crippen LogP contribution < -0.4 is 20.7 Å². The molecule has 15 heteroatoms. The molecule has 0 unspecified atom stereocenters. The second-order valence-corrected chi connectivity index (χ2v) is 12.3. The molecule has 0 spiro atoms. The summed E-state index contributed by atoms with van der Waals surface area (Å²) >= 11 is 0. The molecule has 3 N–H and O–H groups in total. The smallest absolute Gasteiger partial charge is 0.420 e. The van der Waals surface area contributed by atoms with Crippen LogP contribution >= 0.6 is 0 Å². The number of urea groups is 1. The Labute approximate surface area is 286 Å². The van der Waals surface area contributed by atoms with Crippen molar-refractivity contribution in [1.82, 2.24) is 29.6 Å². The summed E-state index contributed by atoms with van der Waals surface area (Å²) in [5, 5.41) is 7.93. The van der Waals surface area contributed by atoms with E-state index < -0.39 is 29.5 Å². The van der Waals surface area contributed by atoms with Crippen LogP contribution in [-0.4, -0.2) is 62.2 Å². The first-order chi connectivity index (χ1) is 23.8. The Balaban J connectivity index is 1.34. The largest absolute Gasteiger partial charge is 0.496 e. The number of nitrogens with one attached hydrogen (secondary N) is 3. The minimum Gasteiger partial charge on any atom is -0.496 e. The molecule has 0 radical (unpaired) electrons. The number of ether oxygens (including phenoxy) is 2. The standard InChI is InChI=1S/C35H37F3N8O4/c1-34(2,3)50-33(48)41-14-16-45(20-23-10-12-39-13-11-23)21-29-31-40-15-17-46(31)22-28(44-29)24-6-5-7-25(18-24)42-32(47)43-26-8-9-30(49-4)27(19-26)35(36,37)38/h5-13,15,17-19,22H,14,16,20-21H2,1-4H3,(H,41,48)(H2,42,43,47). The van der Waals surface area contributed by atoms with Gasteiger partial charge in [-0.3, -0.25) is 9.88 Å². The third-order valence-electron chi connectivity index (χ3n) is 7.25. The lowest BCUT2D eigenvalue weighted by Crippen LogP contribution is -2.37. The first kappa shape index (κ1) is 35.6. The molecule has 262 valence electrons. The molecule has 5 rings (SSSR count). The van der Waals surface area contributed by atoms with E-state index in [1.165, 1.54) is 6.07 Å². The lowest BCUT2D eigenvalue weighted by Gasteiger charge is -2.24. The van der Waals surface area contributed by atoms with Crippen molar-refractivity contribution in [2.24, 2.45) is 0 Å².